The number of hydrogen-bond acceptors (Lipinski definition) is 8. The van der Waals surface area contributed by atoms with E-state index in [1.54, 1.807) is 0 Å². The van der Waals surface area contributed by atoms with Gasteiger partial charge in [0.2, 0.25) is 0 Å². The molecule has 0 bridgehead atoms. The maximum atomic E-state index is 9.64. The van der Waals surface area contributed by atoms with Gasteiger partial charge in [-0.25, -0.2) is 0 Å². The van der Waals surface area contributed by atoms with E-state index in [0.29, 0.717) is 13.1 Å². The zero-order valence-electron chi connectivity index (χ0n) is 15.6. The average molecular weight is 418 g/mol. The molecule has 0 aromatic rings. The van der Waals surface area contributed by atoms with Crippen LogP contribution in [-0.2, 0) is 19.2 Å². The van der Waals surface area contributed by atoms with Crippen LogP contribution in [0.15, 0.2) is 0 Å². The summed E-state index contributed by atoms with van der Waals surface area (Å²) in [5.41, 5.74) is 10.5. The van der Waals surface area contributed by atoms with E-state index in [9.17, 15) is 19.2 Å². The van der Waals surface area contributed by atoms with Gasteiger partial charge < -0.3 is 53.5 Å². The molecule has 0 aliphatic carbocycles. The third-order valence-electron chi connectivity index (χ3n) is 2.23. The summed E-state index contributed by atoms with van der Waals surface area (Å²) in [6.07, 6.45) is -1.19. The zero-order chi connectivity index (χ0) is 20.8. The van der Waals surface area contributed by atoms with Gasteiger partial charge in [0.15, 0.2) is 0 Å². The number of carbonyl (C=O) groups is 4. The summed E-state index contributed by atoms with van der Waals surface area (Å²) in [7, 11) is 0. The van der Waals surface area contributed by atoms with Gasteiger partial charge in [-0.05, 0) is 0 Å². The van der Waals surface area contributed by atoms with Crippen molar-refractivity contribution in [2.45, 2.75) is 25.7 Å². The van der Waals surface area contributed by atoms with Crippen LogP contribution in [0.5, 0.6) is 0 Å². The smallest absolute Gasteiger partial charge is 0.303 e. The Hall–Kier alpha value is -2.36. The quantitative estimate of drug-likeness (QED) is 0.134. The van der Waals surface area contributed by atoms with Crippen LogP contribution in [-0.4, -0.2) is 94.5 Å². The molecule has 28 heavy (non-hydrogen) atoms. The Morgan fingerprint density at radius 3 is 0.893 bits per heavy atom. The average Bonchev–Trinajstić information content (AvgIpc) is 2.55. The van der Waals surface area contributed by atoms with E-state index in [2.05, 4.69) is 10.6 Å². The third kappa shape index (κ3) is 56.5. The maximum Gasteiger partial charge on any atom is 0.303 e. The fourth-order valence-electron chi connectivity index (χ4n) is 1.06. The third-order valence-corrected chi connectivity index (χ3v) is 2.23. The fraction of sp³-hybridized carbons (Fsp3) is 0.714. The molecule has 0 aliphatic rings. The molecular weight excluding hydrogens is 384 g/mol. The molecule has 0 amide bonds. The van der Waals surface area contributed by atoms with Gasteiger partial charge in [-0.2, -0.15) is 0 Å². The topological polar surface area (TPSA) is 288 Å². The highest BCUT2D eigenvalue weighted by Crippen LogP contribution is 1.86. The van der Waals surface area contributed by atoms with Gasteiger partial charge in [0.25, 0.3) is 0 Å². The van der Waals surface area contributed by atoms with Gasteiger partial charge >= 0.3 is 23.9 Å². The number of hydrogen-bond donors (Lipinski definition) is 8. The molecule has 0 saturated carbocycles. The Balaban J connectivity index is -0.0000000920. The number of nitrogens with two attached hydrogens (primary N) is 2. The zero-order valence-corrected chi connectivity index (χ0v) is 15.6. The van der Waals surface area contributed by atoms with Crippen LogP contribution in [0.2, 0.25) is 0 Å². The van der Waals surface area contributed by atoms with Crippen LogP contribution in [0.1, 0.15) is 25.7 Å². The van der Waals surface area contributed by atoms with Crippen molar-refractivity contribution in [1.82, 2.24) is 10.6 Å². The molecule has 0 saturated heterocycles. The monoisotopic (exact) mass is 418 g/mol. The van der Waals surface area contributed by atoms with E-state index in [0.717, 1.165) is 26.2 Å². The molecule has 14 heteroatoms. The summed E-state index contributed by atoms with van der Waals surface area (Å²) in [5, 5.41) is 37.9. The first-order valence-corrected chi connectivity index (χ1v) is 7.86. The van der Waals surface area contributed by atoms with Crippen molar-refractivity contribution in [1.29, 1.82) is 0 Å². The largest absolute Gasteiger partial charge is 0.481 e. The summed E-state index contributed by atoms with van der Waals surface area (Å²) in [6, 6.07) is 0. The van der Waals surface area contributed by atoms with E-state index in [-0.39, 0.29) is 36.6 Å². The van der Waals surface area contributed by atoms with Crippen LogP contribution < -0.4 is 22.1 Å². The summed E-state index contributed by atoms with van der Waals surface area (Å²) in [5.74, 6) is -4.31. The van der Waals surface area contributed by atoms with Crippen LogP contribution >= 0.6 is 0 Å². The van der Waals surface area contributed by atoms with E-state index in [1.807, 2.05) is 0 Å². The molecule has 14 nitrogen and oxygen atoms in total. The minimum absolute atomic E-state index is 0. The summed E-state index contributed by atoms with van der Waals surface area (Å²) in [6.45, 7) is 5.14. The van der Waals surface area contributed by atoms with Gasteiger partial charge in [-0.1, -0.05) is 0 Å². The first-order chi connectivity index (χ1) is 12.2. The van der Waals surface area contributed by atoms with Crippen LogP contribution in [0.4, 0.5) is 0 Å². The van der Waals surface area contributed by atoms with Crippen molar-refractivity contribution in [3.63, 3.8) is 0 Å². The molecule has 0 rings (SSSR count). The molecule has 0 atom stereocenters. The summed E-state index contributed by atoms with van der Waals surface area (Å²) in [4.78, 5) is 38.6. The first kappa shape index (κ1) is 36.5. The van der Waals surface area contributed by atoms with E-state index < -0.39 is 23.9 Å². The van der Waals surface area contributed by atoms with Crippen LogP contribution in [0.3, 0.4) is 0 Å². The van der Waals surface area contributed by atoms with Gasteiger partial charge in [-0.15, -0.1) is 0 Å². The molecule has 0 spiro atoms. The molecule has 0 aromatic carbocycles. The summed E-state index contributed by atoms with van der Waals surface area (Å²) < 4.78 is 0. The predicted molar refractivity (Wildman–Crippen MR) is 100 cm³/mol. The lowest BCUT2D eigenvalue weighted by molar-refractivity contribution is -0.143. The first-order valence-electron chi connectivity index (χ1n) is 7.86. The van der Waals surface area contributed by atoms with Gasteiger partial charge in [0.1, 0.15) is 0 Å². The van der Waals surface area contributed by atoms with Gasteiger partial charge in [-0.3, -0.25) is 19.2 Å². The number of carboxylic acid groups (broad SMARTS) is 4. The highest BCUT2D eigenvalue weighted by Gasteiger charge is 2.01. The maximum absolute atomic E-state index is 9.64. The Kier molecular flexibility index (Phi) is 38.4. The number of carboxylic acids is 4. The van der Waals surface area contributed by atoms with Gasteiger partial charge in [0, 0.05) is 39.3 Å². The fourth-order valence-corrected chi connectivity index (χ4v) is 1.06. The molecule has 0 radical (unpaired) electrons. The number of aliphatic carboxylic acids is 4. The van der Waals surface area contributed by atoms with Gasteiger partial charge in [0.05, 0.1) is 25.7 Å². The minimum Gasteiger partial charge on any atom is -0.481 e. The molecule has 170 valence electrons. The normalized spacial score (nSPS) is 8.50. The molecule has 0 aliphatic heterocycles. The molecule has 0 aromatic heterocycles. The Morgan fingerprint density at radius 2 is 0.750 bits per heavy atom. The van der Waals surface area contributed by atoms with Crippen molar-refractivity contribution in [2.75, 3.05) is 39.3 Å². The van der Waals surface area contributed by atoms with E-state index in [1.165, 1.54) is 0 Å². The van der Waals surface area contributed by atoms with Crippen molar-refractivity contribution in [3.05, 3.63) is 0 Å². The standard InChI is InChI=1S/C6H18N4.2C4H6O4.2H2O/c7-1-3-9-5-6-10-4-2-8;2*5-3(6)1-2-4(7)8;;/h9-10H,1-8H2;2*1-2H2,(H,5,6)(H,7,8);2*1H2. The van der Waals surface area contributed by atoms with Crippen LogP contribution in [0.25, 0.3) is 0 Å². The molecule has 0 heterocycles. The lowest BCUT2D eigenvalue weighted by atomic mass is 10.3. The number of nitrogens with one attached hydrogen (secondary N) is 2. The molecule has 0 fully saturated rings. The second-order valence-electron chi connectivity index (χ2n) is 4.65. The lowest BCUT2D eigenvalue weighted by Crippen LogP contribution is -2.32. The van der Waals surface area contributed by atoms with Crippen molar-refractivity contribution >= 4 is 23.9 Å². The summed E-state index contributed by atoms with van der Waals surface area (Å²) >= 11 is 0. The highest BCUT2D eigenvalue weighted by molar-refractivity contribution is 5.75. The predicted octanol–water partition coefficient (Wildman–Crippen LogP) is -3.69. The second kappa shape index (κ2) is 29.4. The Morgan fingerprint density at radius 1 is 0.536 bits per heavy atom. The number of rotatable bonds is 13. The van der Waals surface area contributed by atoms with Crippen LogP contribution in [0, 0.1) is 0 Å². The Bertz CT molecular complexity index is 332. The lowest BCUT2D eigenvalue weighted by Gasteiger charge is -2.03. The molecular formula is C14H34N4O10. The highest BCUT2D eigenvalue weighted by atomic mass is 16.4. The molecule has 0 unspecified atom stereocenters. The van der Waals surface area contributed by atoms with Crippen molar-refractivity contribution < 1.29 is 50.6 Å². The Labute approximate surface area is 162 Å². The molecule has 14 N–H and O–H groups in total. The second-order valence-corrected chi connectivity index (χ2v) is 4.65. The van der Waals surface area contributed by atoms with E-state index in [4.69, 9.17) is 31.9 Å². The minimum atomic E-state index is -1.08. The van der Waals surface area contributed by atoms with Crippen molar-refractivity contribution in [3.8, 4) is 0 Å². The van der Waals surface area contributed by atoms with Crippen molar-refractivity contribution in [2.24, 2.45) is 11.5 Å². The SMILES string of the molecule is NCCNCCNCCN.O.O.O=C(O)CCC(=O)O.O=C(O)CCC(=O)O. The van der Waals surface area contributed by atoms with E-state index >= 15 is 0 Å².